The third-order valence-corrected chi connectivity index (χ3v) is 6.31. The highest BCUT2D eigenvalue weighted by Crippen LogP contribution is 2.46. The van der Waals surface area contributed by atoms with Crippen molar-refractivity contribution < 1.29 is 0 Å². The second-order valence-corrected chi connectivity index (χ2v) is 9.36. The Morgan fingerprint density at radius 1 is 0.963 bits per heavy atom. The van der Waals surface area contributed by atoms with Crippen molar-refractivity contribution in [2.45, 2.75) is 64.3 Å². The van der Waals surface area contributed by atoms with Crippen LogP contribution in [0.15, 0.2) is 42.5 Å². The van der Waals surface area contributed by atoms with Crippen LogP contribution in [0.5, 0.6) is 0 Å². The van der Waals surface area contributed by atoms with Crippen molar-refractivity contribution in [1.29, 1.82) is 0 Å². The van der Waals surface area contributed by atoms with E-state index in [2.05, 4.69) is 83.2 Å². The van der Waals surface area contributed by atoms with Crippen molar-refractivity contribution in [1.82, 2.24) is 0 Å². The maximum Gasteiger partial charge on any atom is 0.0419 e. The number of hydrogen-bond donors (Lipinski definition) is 2. The van der Waals surface area contributed by atoms with Gasteiger partial charge in [0.1, 0.15) is 0 Å². The van der Waals surface area contributed by atoms with Gasteiger partial charge in [0.15, 0.2) is 0 Å². The Morgan fingerprint density at radius 2 is 1.56 bits per heavy atom. The smallest absolute Gasteiger partial charge is 0.0419 e. The van der Waals surface area contributed by atoms with Gasteiger partial charge in [-0.3, -0.25) is 0 Å². The van der Waals surface area contributed by atoms with Crippen LogP contribution in [0.25, 0.3) is 11.6 Å². The number of benzene rings is 2. The summed E-state index contributed by atoms with van der Waals surface area (Å²) >= 11 is 0. The topological polar surface area (TPSA) is 52.0 Å². The lowest BCUT2D eigenvalue weighted by atomic mass is 9.63. The summed E-state index contributed by atoms with van der Waals surface area (Å²) in [5, 5.41) is 0. The molecule has 1 unspecified atom stereocenters. The molecule has 144 valence electrons. The molecule has 27 heavy (non-hydrogen) atoms. The molecule has 0 saturated carbocycles. The average Bonchev–Trinajstić information content (AvgIpc) is 2.65. The first kappa shape index (κ1) is 19.9. The van der Waals surface area contributed by atoms with Crippen LogP contribution < -0.4 is 11.5 Å². The minimum absolute atomic E-state index is 0.0876. The fourth-order valence-corrected chi connectivity index (χ4v) is 4.14. The molecule has 1 aliphatic rings. The van der Waals surface area contributed by atoms with Crippen molar-refractivity contribution in [2.24, 2.45) is 11.5 Å². The number of rotatable bonds is 4. The lowest BCUT2D eigenvalue weighted by Crippen LogP contribution is -2.33. The van der Waals surface area contributed by atoms with Gasteiger partial charge in [0.2, 0.25) is 0 Å². The largest absolute Gasteiger partial charge is 0.329 e. The van der Waals surface area contributed by atoms with Crippen molar-refractivity contribution in [3.63, 3.8) is 0 Å². The van der Waals surface area contributed by atoms with Gasteiger partial charge in [-0.2, -0.15) is 0 Å². The summed E-state index contributed by atoms with van der Waals surface area (Å²) in [4.78, 5) is 0. The highest BCUT2D eigenvalue weighted by atomic mass is 14.7. The van der Waals surface area contributed by atoms with E-state index in [1.807, 2.05) is 0 Å². The molecule has 0 bridgehead atoms. The van der Waals surface area contributed by atoms with Crippen molar-refractivity contribution >= 4 is 11.6 Å². The van der Waals surface area contributed by atoms with E-state index < -0.39 is 0 Å². The van der Waals surface area contributed by atoms with E-state index in [9.17, 15) is 0 Å². The number of fused-ring (bicyclic) bond motifs is 1. The predicted molar refractivity (Wildman–Crippen MR) is 118 cm³/mol. The van der Waals surface area contributed by atoms with E-state index in [-0.39, 0.29) is 16.9 Å². The molecule has 4 N–H and O–H groups in total. The van der Waals surface area contributed by atoms with Gasteiger partial charge in [0.25, 0.3) is 0 Å². The zero-order chi connectivity index (χ0) is 19.8. The van der Waals surface area contributed by atoms with E-state index in [4.69, 9.17) is 11.5 Å². The first-order valence-corrected chi connectivity index (χ1v) is 10.0. The van der Waals surface area contributed by atoms with Gasteiger partial charge in [0, 0.05) is 12.6 Å². The second kappa shape index (κ2) is 7.26. The first-order valence-electron chi connectivity index (χ1n) is 10.0. The Hall–Kier alpha value is -1.90. The molecule has 1 atom stereocenters. The Balaban J connectivity index is 1.94. The van der Waals surface area contributed by atoms with E-state index in [0.717, 1.165) is 5.56 Å². The fraction of sp³-hybridized carbons (Fsp3) is 0.440. The highest BCUT2D eigenvalue weighted by Gasteiger charge is 2.36. The fourth-order valence-electron chi connectivity index (χ4n) is 4.14. The maximum absolute atomic E-state index is 6.01. The molecule has 0 amide bonds. The first-order chi connectivity index (χ1) is 12.6. The Bertz CT molecular complexity index is 841. The van der Waals surface area contributed by atoms with Crippen LogP contribution in [-0.4, -0.2) is 6.54 Å². The van der Waals surface area contributed by atoms with Gasteiger partial charge in [0.05, 0.1) is 0 Å². The SMILES string of the molecule is C/C(=C\c1ccc(C(N)CN)cc1)c1ccc2c(c1)C(C)(C)CCC2(C)C. The molecule has 0 spiro atoms. The second-order valence-electron chi connectivity index (χ2n) is 9.36. The summed E-state index contributed by atoms with van der Waals surface area (Å²) in [5.74, 6) is 0. The van der Waals surface area contributed by atoms with Gasteiger partial charge in [-0.1, -0.05) is 76.2 Å². The van der Waals surface area contributed by atoms with Crippen LogP contribution in [0.4, 0.5) is 0 Å². The van der Waals surface area contributed by atoms with E-state index in [1.54, 1.807) is 0 Å². The molecule has 0 fully saturated rings. The van der Waals surface area contributed by atoms with E-state index >= 15 is 0 Å². The van der Waals surface area contributed by atoms with Crippen LogP contribution in [0, 0.1) is 0 Å². The molecule has 2 nitrogen and oxygen atoms in total. The van der Waals surface area contributed by atoms with Crippen LogP contribution in [-0.2, 0) is 10.8 Å². The summed E-state index contributed by atoms with van der Waals surface area (Å²) in [6.45, 7) is 12.2. The van der Waals surface area contributed by atoms with Crippen LogP contribution in [0.1, 0.15) is 81.3 Å². The summed E-state index contributed by atoms with van der Waals surface area (Å²) in [6, 6.07) is 15.4. The Morgan fingerprint density at radius 3 is 2.15 bits per heavy atom. The predicted octanol–water partition coefficient (Wildman–Crippen LogP) is 5.55. The summed E-state index contributed by atoms with van der Waals surface area (Å²) < 4.78 is 0. The molecular formula is C25H34N2. The van der Waals surface area contributed by atoms with Gasteiger partial charge in [-0.25, -0.2) is 0 Å². The lowest BCUT2D eigenvalue weighted by Gasteiger charge is -2.42. The third kappa shape index (κ3) is 4.02. The quantitative estimate of drug-likeness (QED) is 0.700. The molecule has 0 heterocycles. The van der Waals surface area contributed by atoms with Gasteiger partial charge >= 0.3 is 0 Å². The molecule has 0 aliphatic heterocycles. The van der Waals surface area contributed by atoms with Gasteiger partial charge in [-0.05, 0) is 64.0 Å². The molecule has 2 aromatic carbocycles. The maximum atomic E-state index is 6.01. The molecule has 0 radical (unpaired) electrons. The van der Waals surface area contributed by atoms with E-state index in [0.29, 0.717) is 6.54 Å². The van der Waals surface area contributed by atoms with Crippen molar-refractivity contribution in [3.8, 4) is 0 Å². The zero-order valence-electron chi connectivity index (χ0n) is 17.5. The third-order valence-electron chi connectivity index (χ3n) is 6.31. The Kier molecular flexibility index (Phi) is 5.33. The monoisotopic (exact) mass is 362 g/mol. The normalized spacial score (nSPS) is 19.4. The zero-order valence-corrected chi connectivity index (χ0v) is 17.5. The summed E-state index contributed by atoms with van der Waals surface area (Å²) in [7, 11) is 0. The van der Waals surface area contributed by atoms with Gasteiger partial charge in [-0.15, -0.1) is 0 Å². The molecule has 3 rings (SSSR count). The van der Waals surface area contributed by atoms with Crippen molar-refractivity contribution in [2.75, 3.05) is 6.54 Å². The lowest BCUT2D eigenvalue weighted by molar-refractivity contribution is 0.332. The molecule has 0 saturated heterocycles. The minimum atomic E-state index is -0.0876. The Labute approximate surface area is 164 Å². The number of allylic oxidation sites excluding steroid dienone is 1. The molecule has 1 aliphatic carbocycles. The molecule has 2 aromatic rings. The van der Waals surface area contributed by atoms with E-state index in [1.165, 1.54) is 40.7 Å². The van der Waals surface area contributed by atoms with Crippen LogP contribution in [0.3, 0.4) is 0 Å². The highest BCUT2D eigenvalue weighted by molar-refractivity contribution is 5.80. The van der Waals surface area contributed by atoms with Crippen molar-refractivity contribution in [3.05, 3.63) is 70.3 Å². The van der Waals surface area contributed by atoms with Crippen LogP contribution in [0.2, 0.25) is 0 Å². The number of hydrogen-bond acceptors (Lipinski definition) is 2. The summed E-state index contributed by atoms with van der Waals surface area (Å²) in [6.07, 6.45) is 4.74. The molecule has 0 aromatic heterocycles. The number of nitrogens with two attached hydrogens (primary N) is 2. The standard InChI is InChI=1S/C25H34N2/c1-17(14-18-6-8-19(9-7-18)23(27)16-26)20-10-11-21-22(15-20)25(4,5)13-12-24(21,2)3/h6-11,14-15,23H,12-13,16,26-27H2,1-5H3/b17-14+. The molecule has 2 heteroatoms. The minimum Gasteiger partial charge on any atom is -0.329 e. The van der Waals surface area contributed by atoms with Crippen LogP contribution >= 0.6 is 0 Å². The van der Waals surface area contributed by atoms with Gasteiger partial charge < -0.3 is 11.5 Å². The summed E-state index contributed by atoms with van der Waals surface area (Å²) in [5.41, 5.74) is 20.1. The molecular weight excluding hydrogens is 328 g/mol. The average molecular weight is 363 g/mol.